The van der Waals surface area contributed by atoms with Crippen LogP contribution in [0.5, 0.6) is 11.5 Å². The highest BCUT2D eigenvalue weighted by Gasteiger charge is 2.41. The second-order valence-corrected chi connectivity index (χ2v) is 8.84. The molecular formula is C24H35N3O5. The summed E-state index contributed by atoms with van der Waals surface area (Å²) in [4.78, 5) is 31.4. The van der Waals surface area contributed by atoms with Crippen molar-refractivity contribution in [2.24, 2.45) is 4.99 Å². The Kier molecular flexibility index (Phi) is 8.30. The molecule has 176 valence electrons. The van der Waals surface area contributed by atoms with Crippen LogP contribution < -0.4 is 14.8 Å². The van der Waals surface area contributed by atoms with Crippen molar-refractivity contribution in [3.05, 3.63) is 36.4 Å². The zero-order valence-corrected chi connectivity index (χ0v) is 20.0. The van der Waals surface area contributed by atoms with Crippen LogP contribution in [-0.2, 0) is 16.1 Å². The maximum absolute atomic E-state index is 13.3. The Morgan fingerprint density at radius 2 is 2.03 bits per heavy atom. The number of guanidine groups is 1. The van der Waals surface area contributed by atoms with Crippen molar-refractivity contribution in [3.8, 4) is 11.5 Å². The van der Waals surface area contributed by atoms with Gasteiger partial charge in [0.15, 0.2) is 0 Å². The quantitative estimate of drug-likeness (QED) is 0.596. The third-order valence-electron chi connectivity index (χ3n) is 5.34. The summed E-state index contributed by atoms with van der Waals surface area (Å²) < 4.78 is 16.1. The third kappa shape index (κ3) is 6.48. The number of ether oxygens (including phenoxy) is 3. The van der Waals surface area contributed by atoms with Crippen molar-refractivity contribution in [3.63, 3.8) is 0 Å². The number of rotatable bonds is 8. The highest BCUT2D eigenvalue weighted by molar-refractivity contribution is 6.03. The molecule has 2 rings (SSSR count). The van der Waals surface area contributed by atoms with Gasteiger partial charge in [0, 0.05) is 17.2 Å². The van der Waals surface area contributed by atoms with Gasteiger partial charge < -0.3 is 19.5 Å². The molecule has 0 unspecified atom stereocenters. The second-order valence-electron chi connectivity index (χ2n) is 8.84. The molecule has 1 aromatic rings. The number of carbonyl (C=O) groups is 2. The first-order valence-electron chi connectivity index (χ1n) is 10.8. The predicted octanol–water partition coefficient (Wildman–Crippen LogP) is 4.43. The van der Waals surface area contributed by atoms with Crippen molar-refractivity contribution in [2.45, 2.75) is 71.1 Å². The number of hydrogen-bond donors (Lipinski definition) is 1. The molecule has 1 heterocycles. The Hall–Kier alpha value is -3.03. The molecule has 0 aliphatic carbocycles. The predicted molar refractivity (Wildman–Crippen MR) is 124 cm³/mol. The van der Waals surface area contributed by atoms with E-state index in [1.807, 2.05) is 19.1 Å². The van der Waals surface area contributed by atoms with E-state index in [1.165, 1.54) is 4.90 Å². The van der Waals surface area contributed by atoms with E-state index < -0.39 is 17.2 Å². The van der Waals surface area contributed by atoms with Crippen molar-refractivity contribution >= 4 is 18.0 Å². The molecule has 1 atom stereocenters. The van der Waals surface area contributed by atoms with Gasteiger partial charge in [0.1, 0.15) is 17.1 Å². The molecule has 1 fully saturated rings. The molecular weight excluding hydrogens is 410 g/mol. The lowest BCUT2D eigenvalue weighted by molar-refractivity contribution is -0.131. The number of amides is 2. The maximum atomic E-state index is 13.3. The Labute approximate surface area is 190 Å². The van der Waals surface area contributed by atoms with Gasteiger partial charge in [-0.25, -0.2) is 4.79 Å². The number of nitrogens with one attached hydrogen (secondary N) is 1. The summed E-state index contributed by atoms with van der Waals surface area (Å²) in [5.74, 6) is 1.27. The normalized spacial score (nSPS) is 20.0. The molecule has 1 saturated heterocycles. The van der Waals surface area contributed by atoms with Gasteiger partial charge in [0.2, 0.25) is 11.9 Å². The largest absolute Gasteiger partial charge is 0.497 e. The van der Waals surface area contributed by atoms with Gasteiger partial charge in [-0.15, -0.1) is 11.6 Å². The highest BCUT2D eigenvalue weighted by Crippen LogP contribution is 2.31. The van der Waals surface area contributed by atoms with Gasteiger partial charge >= 0.3 is 6.09 Å². The average Bonchev–Trinajstić information content (AvgIpc) is 2.73. The van der Waals surface area contributed by atoms with Crippen molar-refractivity contribution in [2.75, 3.05) is 14.2 Å². The number of allylic oxidation sites excluding steroid dienone is 1. The molecule has 0 spiro atoms. The molecule has 2 amide bonds. The molecule has 0 bridgehead atoms. The average molecular weight is 446 g/mol. The fourth-order valence-electron chi connectivity index (χ4n) is 3.55. The van der Waals surface area contributed by atoms with Crippen LogP contribution in [0.3, 0.4) is 0 Å². The Balaban J connectivity index is 2.43. The molecule has 0 radical (unpaired) electrons. The van der Waals surface area contributed by atoms with E-state index in [0.717, 1.165) is 12.0 Å². The summed E-state index contributed by atoms with van der Waals surface area (Å²) in [6.07, 6.45) is 3.48. The summed E-state index contributed by atoms with van der Waals surface area (Å²) in [5, 5.41) is 3.37. The molecule has 1 aliphatic heterocycles. The topological polar surface area (TPSA) is 89.5 Å². The first-order chi connectivity index (χ1) is 15.1. The van der Waals surface area contributed by atoms with Crippen LogP contribution in [0.2, 0.25) is 0 Å². The summed E-state index contributed by atoms with van der Waals surface area (Å²) in [5.41, 5.74) is -0.448. The molecule has 32 heavy (non-hydrogen) atoms. The van der Waals surface area contributed by atoms with Crippen LogP contribution in [0, 0.1) is 0 Å². The Morgan fingerprint density at radius 1 is 1.31 bits per heavy atom. The highest BCUT2D eigenvalue weighted by atomic mass is 16.6. The van der Waals surface area contributed by atoms with Gasteiger partial charge in [-0.05, 0) is 52.2 Å². The van der Waals surface area contributed by atoms with E-state index in [1.54, 1.807) is 47.1 Å². The number of benzene rings is 1. The minimum absolute atomic E-state index is 0.130. The van der Waals surface area contributed by atoms with E-state index in [9.17, 15) is 9.59 Å². The van der Waals surface area contributed by atoms with Crippen LogP contribution in [0.15, 0.2) is 35.8 Å². The number of methoxy groups -OCH3 is 2. The Morgan fingerprint density at radius 3 is 2.59 bits per heavy atom. The summed E-state index contributed by atoms with van der Waals surface area (Å²) in [7, 11) is 3.13. The van der Waals surface area contributed by atoms with Crippen molar-refractivity contribution < 1.29 is 23.8 Å². The SMILES string of the molecule is C=CCC[C@]1(CC)CC(=O)N(Cc2ccc(OC)cc2OC)/C(=N/C(=O)OC(C)(C)C)N1. The summed E-state index contributed by atoms with van der Waals surface area (Å²) in [6.45, 7) is 11.3. The molecule has 8 nitrogen and oxygen atoms in total. The van der Waals surface area contributed by atoms with E-state index >= 15 is 0 Å². The van der Waals surface area contributed by atoms with Crippen LogP contribution in [0.25, 0.3) is 0 Å². The lowest BCUT2D eigenvalue weighted by atomic mass is 9.84. The second kappa shape index (κ2) is 10.5. The minimum Gasteiger partial charge on any atom is -0.497 e. The minimum atomic E-state index is -0.755. The molecule has 8 heteroatoms. The lowest BCUT2D eigenvalue weighted by Crippen LogP contribution is -2.62. The van der Waals surface area contributed by atoms with E-state index in [4.69, 9.17) is 14.2 Å². The van der Waals surface area contributed by atoms with E-state index in [2.05, 4.69) is 16.9 Å². The third-order valence-corrected chi connectivity index (χ3v) is 5.34. The van der Waals surface area contributed by atoms with Crippen LogP contribution in [0.1, 0.15) is 58.9 Å². The van der Waals surface area contributed by atoms with Crippen LogP contribution >= 0.6 is 0 Å². The summed E-state index contributed by atoms with van der Waals surface area (Å²) >= 11 is 0. The summed E-state index contributed by atoms with van der Waals surface area (Å²) in [6, 6.07) is 5.38. The standard InChI is InChI=1S/C24H35N3O5/c1-8-10-13-24(9-2)15-20(28)27(21(26-24)25-22(29)32-23(3,4)5)16-17-11-12-18(30-6)14-19(17)31-7/h8,11-12,14H,1,9-10,13,15-16H2,2-7H3,(H,25,26,29)/t24-/m1/s1. The molecule has 0 saturated carbocycles. The monoisotopic (exact) mass is 445 g/mol. The van der Waals surface area contributed by atoms with Gasteiger partial charge in [0.25, 0.3) is 0 Å². The van der Waals surface area contributed by atoms with Crippen molar-refractivity contribution in [1.82, 2.24) is 10.2 Å². The molecule has 1 N–H and O–H groups in total. The van der Waals surface area contributed by atoms with E-state index in [-0.39, 0.29) is 24.8 Å². The molecule has 1 aliphatic rings. The van der Waals surface area contributed by atoms with Gasteiger partial charge in [-0.3, -0.25) is 9.69 Å². The molecule has 1 aromatic carbocycles. The van der Waals surface area contributed by atoms with Crippen molar-refractivity contribution in [1.29, 1.82) is 0 Å². The van der Waals surface area contributed by atoms with Gasteiger partial charge in [-0.1, -0.05) is 13.0 Å². The number of hydrogen-bond acceptors (Lipinski definition) is 5. The van der Waals surface area contributed by atoms with Crippen LogP contribution in [-0.4, -0.2) is 48.2 Å². The van der Waals surface area contributed by atoms with Gasteiger partial charge in [0.05, 0.1) is 27.2 Å². The zero-order valence-electron chi connectivity index (χ0n) is 20.0. The number of aliphatic imine (C=N–C) groups is 1. The Bertz CT molecular complexity index is 875. The fourth-order valence-corrected chi connectivity index (χ4v) is 3.55. The van der Waals surface area contributed by atoms with Crippen LogP contribution in [0.4, 0.5) is 4.79 Å². The first kappa shape index (κ1) is 25.2. The smallest absolute Gasteiger partial charge is 0.437 e. The number of nitrogens with zero attached hydrogens (tertiary/aromatic N) is 2. The number of carbonyl (C=O) groups excluding carboxylic acids is 2. The fraction of sp³-hybridized carbons (Fsp3) is 0.542. The maximum Gasteiger partial charge on any atom is 0.437 e. The van der Waals surface area contributed by atoms with E-state index in [0.29, 0.717) is 24.3 Å². The van der Waals surface area contributed by atoms with Gasteiger partial charge in [-0.2, -0.15) is 0 Å². The zero-order chi connectivity index (χ0) is 23.9. The molecule has 0 aromatic heterocycles. The first-order valence-corrected chi connectivity index (χ1v) is 10.8. The lowest BCUT2D eigenvalue weighted by Gasteiger charge is -2.43.